The molecule has 0 atom stereocenters. The number of hydrogen-bond donors (Lipinski definition) is 3. The van der Waals surface area contributed by atoms with E-state index >= 15 is 0 Å². The number of rotatable bonds is 4. The third kappa shape index (κ3) is 2.92. The van der Waals surface area contributed by atoms with Crippen molar-refractivity contribution < 1.29 is 0 Å². The molecule has 0 bridgehead atoms. The first-order valence-corrected chi connectivity index (χ1v) is 6.08. The van der Waals surface area contributed by atoms with Gasteiger partial charge in [-0.05, 0) is 0 Å². The second-order valence-corrected chi connectivity index (χ2v) is 4.11. The van der Waals surface area contributed by atoms with E-state index in [0.29, 0.717) is 11.1 Å². The van der Waals surface area contributed by atoms with Gasteiger partial charge in [-0.1, -0.05) is 48.5 Å². The molecular formula is C16H14N4. The summed E-state index contributed by atoms with van der Waals surface area (Å²) in [6.45, 7) is 0. The van der Waals surface area contributed by atoms with Crippen LogP contribution in [0, 0.1) is 16.2 Å². The van der Waals surface area contributed by atoms with Crippen LogP contribution in [-0.4, -0.2) is 24.5 Å². The highest BCUT2D eigenvalue weighted by molar-refractivity contribution is 6.08. The second-order valence-electron chi connectivity index (χ2n) is 4.11. The second kappa shape index (κ2) is 6.33. The summed E-state index contributed by atoms with van der Waals surface area (Å²) in [6, 6.07) is 14.6. The molecule has 0 unspecified atom stereocenters. The van der Waals surface area contributed by atoms with Gasteiger partial charge in [0, 0.05) is 40.9 Å². The summed E-state index contributed by atoms with van der Waals surface area (Å²) in [5, 5.41) is 22.7. The van der Waals surface area contributed by atoms with Crippen molar-refractivity contribution in [1.82, 2.24) is 0 Å². The molecule has 0 heterocycles. The molecule has 98 valence electrons. The van der Waals surface area contributed by atoms with Gasteiger partial charge in [0.25, 0.3) is 0 Å². The Kier molecular flexibility index (Phi) is 4.29. The first kappa shape index (κ1) is 13.5. The first-order valence-electron chi connectivity index (χ1n) is 6.08. The van der Waals surface area contributed by atoms with Gasteiger partial charge in [-0.15, -0.1) is 0 Å². The molecule has 4 heteroatoms. The molecule has 0 saturated heterocycles. The summed E-state index contributed by atoms with van der Waals surface area (Å²) in [5.41, 5.74) is 2.82. The molecule has 2 aromatic carbocycles. The standard InChI is InChI=1S/C16H14N4/c17-9-12-5-1-2-7-14(12)11-20-16(19)15-8-4-3-6-13(15)10-18/h1-11,17-19H. The van der Waals surface area contributed by atoms with E-state index in [2.05, 4.69) is 4.99 Å². The van der Waals surface area contributed by atoms with Gasteiger partial charge in [0.05, 0.1) is 0 Å². The zero-order valence-electron chi connectivity index (χ0n) is 10.8. The number of hydrogen-bond acceptors (Lipinski definition) is 3. The highest BCUT2D eigenvalue weighted by Crippen LogP contribution is 2.09. The molecule has 2 aromatic rings. The Morgan fingerprint density at radius 1 is 0.800 bits per heavy atom. The van der Waals surface area contributed by atoms with Crippen LogP contribution in [0.2, 0.25) is 0 Å². The lowest BCUT2D eigenvalue weighted by molar-refractivity contribution is 1.41. The van der Waals surface area contributed by atoms with Gasteiger partial charge < -0.3 is 10.8 Å². The Hall–Kier alpha value is -2.88. The normalized spacial score (nSPS) is 10.4. The number of benzene rings is 2. The van der Waals surface area contributed by atoms with E-state index < -0.39 is 0 Å². The van der Waals surface area contributed by atoms with Crippen molar-refractivity contribution in [3.8, 4) is 0 Å². The van der Waals surface area contributed by atoms with E-state index in [0.717, 1.165) is 11.1 Å². The van der Waals surface area contributed by atoms with Crippen LogP contribution in [0.25, 0.3) is 0 Å². The monoisotopic (exact) mass is 262 g/mol. The van der Waals surface area contributed by atoms with Gasteiger partial charge in [-0.2, -0.15) is 0 Å². The van der Waals surface area contributed by atoms with E-state index in [-0.39, 0.29) is 5.84 Å². The van der Waals surface area contributed by atoms with Gasteiger partial charge in [-0.25, -0.2) is 4.99 Å². The molecule has 0 amide bonds. The van der Waals surface area contributed by atoms with Gasteiger partial charge in [0.2, 0.25) is 0 Å². The molecule has 0 aromatic heterocycles. The summed E-state index contributed by atoms with van der Waals surface area (Å²) in [6.07, 6.45) is 4.05. The van der Waals surface area contributed by atoms with Gasteiger partial charge in [0.15, 0.2) is 5.84 Å². The van der Waals surface area contributed by atoms with Crippen LogP contribution in [0.1, 0.15) is 22.3 Å². The maximum Gasteiger partial charge on any atom is 0.152 e. The molecule has 2 rings (SSSR count). The minimum atomic E-state index is 0.101. The molecule has 0 radical (unpaired) electrons. The molecule has 20 heavy (non-hydrogen) atoms. The van der Waals surface area contributed by atoms with E-state index in [1.807, 2.05) is 36.4 Å². The molecule has 3 N–H and O–H groups in total. The molecule has 0 aliphatic rings. The van der Waals surface area contributed by atoms with Crippen LogP contribution in [0.15, 0.2) is 53.5 Å². The molecule has 4 nitrogen and oxygen atoms in total. The predicted molar refractivity (Wildman–Crippen MR) is 83.1 cm³/mol. The summed E-state index contributed by atoms with van der Waals surface area (Å²) in [5.74, 6) is 0.101. The largest absolute Gasteiger partial charge is 0.308 e. The Morgan fingerprint density at radius 2 is 1.35 bits per heavy atom. The third-order valence-electron chi connectivity index (χ3n) is 2.86. The average Bonchev–Trinajstić information content (AvgIpc) is 2.52. The van der Waals surface area contributed by atoms with Crippen LogP contribution in [0.3, 0.4) is 0 Å². The fourth-order valence-corrected chi connectivity index (χ4v) is 1.80. The van der Waals surface area contributed by atoms with E-state index in [9.17, 15) is 0 Å². The first-order chi connectivity index (χ1) is 9.76. The van der Waals surface area contributed by atoms with E-state index in [1.54, 1.807) is 18.3 Å². The molecule has 0 saturated carbocycles. The van der Waals surface area contributed by atoms with Gasteiger partial charge in [0.1, 0.15) is 0 Å². The fourth-order valence-electron chi connectivity index (χ4n) is 1.80. The lowest BCUT2D eigenvalue weighted by Crippen LogP contribution is -2.01. The number of amidine groups is 1. The van der Waals surface area contributed by atoms with Crippen LogP contribution in [0.4, 0.5) is 0 Å². The average molecular weight is 262 g/mol. The topological polar surface area (TPSA) is 83.9 Å². The van der Waals surface area contributed by atoms with Crippen molar-refractivity contribution in [2.45, 2.75) is 0 Å². The third-order valence-corrected chi connectivity index (χ3v) is 2.86. The summed E-state index contributed by atoms with van der Waals surface area (Å²) in [7, 11) is 0. The van der Waals surface area contributed by atoms with Crippen molar-refractivity contribution in [2.24, 2.45) is 4.99 Å². The highest BCUT2D eigenvalue weighted by atomic mass is 14.8. The fraction of sp³-hybridized carbons (Fsp3) is 0. The van der Waals surface area contributed by atoms with E-state index in [4.69, 9.17) is 16.2 Å². The smallest absolute Gasteiger partial charge is 0.152 e. The maximum atomic E-state index is 7.99. The molecule has 0 aliphatic carbocycles. The number of nitrogens with zero attached hydrogens (tertiary/aromatic N) is 1. The van der Waals surface area contributed by atoms with Crippen molar-refractivity contribution in [1.29, 1.82) is 16.2 Å². The number of nitrogens with one attached hydrogen (secondary N) is 3. The summed E-state index contributed by atoms with van der Waals surface area (Å²) < 4.78 is 0. The Bertz CT molecular complexity index is 686. The van der Waals surface area contributed by atoms with E-state index in [1.165, 1.54) is 12.4 Å². The summed E-state index contributed by atoms with van der Waals surface area (Å²) in [4.78, 5) is 4.13. The minimum Gasteiger partial charge on any atom is -0.308 e. The molecule has 0 aliphatic heterocycles. The Labute approximate surface area is 117 Å². The van der Waals surface area contributed by atoms with Gasteiger partial charge >= 0.3 is 0 Å². The number of aliphatic imine (C=N–C) groups is 1. The van der Waals surface area contributed by atoms with Crippen LogP contribution in [-0.2, 0) is 0 Å². The minimum absolute atomic E-state index is 0.101. The lowest BCUT2D eigenvalue weighted by atomic mass is 10.1. The van der Waals surface area contributed by atoms with Crippen molar-refractivity contribution >= 4 is 24.5 Å². The van der Waals surface area contributed by atoms with Crippen LogP contribution >= 0.6 is 0 Å². The zero-order chi connectivity index (χ0) is 14.4. The molecular weight excluding hydrogens is 248 g/mol. The molecule has 0 fully saturated rings. The zero-order valence-corrected chi connectivity index (χ0v) is 10.8. The highest BCUT2D eigenvalue weighted by Gasteiger charge is 2.04. The van der Waals surface area contributed by atoms with Gasteiger partial charge in [-0.3, -0.25) is 5.41 Å². The van der Waals surface area contributed by atoms with Crippen LogP contribution < -0.4 is 0 Å². The lowest BCUT2D eigenvalue weighted by Gasteiger charge is -2.03. The van der Waals surface area contributed by atoms with Crippen molar-refractivity contribution in [3.05, 3.63) is 70.8 Å². The SMILES string of the molecule is N=Cc1ccccc1C=NC(=N)c1ccccc1C=N. The van der Waals surface area contributed by atoms with Crippen LogP contribution in [0.5, 0.6) is 0 Å². The summed E-state index contributed by atoms with van der Waals surface area (Å²) >= 11 is 0. The Balaban J connectivity index is 2.29. The Morgan fingerprint density at radius 3 is 2.00 bits per heavy atom. The quantitative estimate of drug-likeness (QED) is 0.558. The maximum absolute atomic E-state index is 7.99. The van der Waals surface area contributed by atoms with Crippen molar-refractivity contribution in [3.63, 3.8) is 0 Å². The molecule has 0 spiro atoms. The predicted octanol–water partition coefficient (Wildman–Crippen LogP) is 3.13. The van der Waals surface area contributed by atoms with Crippen molar-refractivity contribution in [2.75, 3.05) is 0 Å².